The van der Waals surface area contributed by atoms with Gasteiger partial charge >= 0.3 is 0 Å². The highest BCUT2D eigenvalue weighted by molar-refractivity contribution is 5.79. The number of carbonyl (C=O) groups excluding carboxylic acids is 1. The Morgan fingerprint density at radius 3 is 2.56 bits per heavy atom. The zero-order valence-electron chi connectivity index (χ0n) is 18.1. The Balaban J connectivity index is 1.48. The van der Waals surface area contributed by atoms with Crippen molar-refractivity contribution in [3.63, 3.8) is 0 Å². The molecule has 7 heteroatoms. The maximum Gasteiger partial charge on any atom is 0.258 e. The fourth-order valence-electron chi connectivity index (χ4n) is 4.18. The first-order valence-electron chi connectivity index (χ1n) is 10.8. The van der Waals surface area contributed by atoms with E-state index in [0.717, 1.165) is 11.1 Å². The number of aliphatic hydroxyl groups excluding tert-OH is 1. The molecule has 2 atom stereocenters. The van der Waals surface area contributed by atoms with Gasteiger partial charge in [-0.1, -0.05) is 48.5 Å². The molecule has 0 spiro atoms. The molecule has 3 aromatic rings. The van der Waals surface area contributed by atoms with Crippen molar-refractivity contribution < 1.29 is 14.6 Å². The van der Waals surface area contributed by atoms with Crippen molar-refractivity contribution in [2.75, 3.05) is 19.7 Å². The molecule has 1 fully saturated rings. The lowest BCUT2D eigenvalue weighted by Gasteiger charge is -2.46. The Morgan fingerprint density at radius 1 is 1.12 bits per heavy atom. The van der Waals surface area contributed by atoms with Crippen molar-refractivity contribution in [3.8, 4) is 5.75 Å². The van der Waals surface area contributed by atoms with Crippen LogP contribution in [0.25, 0.3) is 0 Å². The van der Waals surface area contributed by atoms with Crippen LogP contribution in [0.15, 0.2) is 73.1 Å². The molecule has 0 unspecified atom stereocenters. The Hall–Kier alpha value is -3.29. The molecule has 7 nitrogen and oxygen atoms in total. The van der Waals surface area contributed by atoms with Crippen LogP contribution in [-0.4, -0.2) is 51.7 Å². The number of ether oxygens (including phenoxy) is 1. The summed E-state index contributed by atoms with van der Waals surface area (Å²) in [5.74, 6) is 1.12. The lowest BCUT2D eigenvalue weighted by Crippen LogP contribution is -2.62. The average Bonchev–Trinajstić information content (AvgIpc) is 2.82. The van der Waals surface area contributed by atoms with Crippen molar-refractivity contribution in [2.24, 2.45) is 0 Å². The van der Waals surface area contributed by atoms with E-state index in [1.807, 2.05) is 61.5 Å². The molecular formula is C25H28N4O3. The first kappa shape index (κ1) is 21.9. The van der Waals surface area contributed by atoms with E-state index in [9.17, 15) is 9.90 Å². The van der Waals surface area contributed by atoms with Crippen molar-refractivity contribution in [1.29, 1.82) is 0 Å². The molecule has 2 N–H and O–H groups in total. The van der Waals surface area contributed by atoms with Gasteiger partial charge in [-0.15, -0.1) is 0 Å². The molecule has 0 saturated carbocycles. The maximum absolute atomic E-state index is 12.9. The van der Waals surface area contributed by atoms with Crippen LogP contribution in [-0.2, 0) is 16.9 Å². The number of hydrogen-bond acceptors (Lipinski definition) is 6. The molecule has 1 amide bonds. The van der Waals surface area contributed by atoms with Crippen molar-refractivity contribution >= 4 is 5.91 Å². The second-order valence-corrected chi connectivity index (χ2v) is 8.11. The number of piperidine rings is 1. The fourth-order valence-corrected chi connectivity index (χ4v) is 4.18. The Kier molecular flexibility index (Phi) is 6.78. The van der Waals surface area contributed by atoms with Crippen LogP contribution in [0.5, 0.6) is 5.75 Å². The number of aliphatic hydroxyl groups is 1. The highest BCUT2D eigenvalue weighted by Gasteiger charge is 2.45. The highest BCUT2D eigenvalue weighted by atomic mass is 16.5. The summed E-state index contributed by atoms with van der Waals surface area (Å²) >= 11 is 0. The fraction of sp³-hybridized carbons (Fsp3) is 0.320. The van der Waals surface area contributed by atoms with Gasteiger partial charge in [0.05, 0.1) is 18.2 Å². The molecule has 1 aliphatic heterocycles. The highest BCUT2D eigenvalue weighted by Crippen LogP contribution is 2.34. The average molecular weight is 433 g/mol. The van der Waals surface area contributed by atoms with Crippen molar-refractivity contribution in [1.82, 2.24) is 20.2 Å². The van der Waals surface area contributed by atoms with E-state index >= 15 is 0 Å². The summed E-state index contributed by atoms with van der Waals surface area (Å²) in [5, 5.41) is 14.4. The normalized spacial score (nSPS) is 21.1. The molecule has 1 saturated heterocycles. The Bertz CT molecular complexity index is 1030. The molecular weight excluding hydrogens is 404 g/mol. The van der Waals surface area contributed by atoms with Gasteiger partial charge in [-0.2, -0.15) is 0 Å². The topological polar surface area (TPSA) is 87.6 Å². The van der Waals surface area contributed by atoms with Crippen molar-refractivity contribution in [3.05, 3.63) is 90.0 Å². The minimum atomic E-state index is -0.887. The van der Waals surface area contributed by atoms with Gasteiger partial charge in [0.1, 0.15) is 11.6 Å². The van der Waals surface area contributed by atoms with E-state index in [1.165, 1.54) is 0 Å². The third-order valence-corrected chi connectivity index (χ3v) is 5.91. The van der Waals surface area contributed by atoms with Gasteiger partial charge in [-0.05, 0) is 36.6 Å². The number of benzene rings is 2. The summed E-state index contributed by atoms with van der Waals surface area (Å²) in [4.78, 5) is 23.6. The molecule has 2 aromatic carbocycles. The second-order valence-electron chi connectivity index (χ2n) is 8.11. The van der Waals surface area contributed by atoms with Crippen LogP contribution in [0.4, 0.5) is 0 Å². The molecule has 0 bridgehead atoms. The first-order chi connectivity index (χ1) is 15.6. The lowest BCUT2D eigenvalue weighted by atomic mass is 9.78. The number of carbonyl (C=O) groups is 1. The number of rotatable bonds is 7. The number of amides is 1. The third kappa shape index (κ3) is 4.95. The van der Waals surface area contributed by atoms with Crippen LogP contribution >= 0.6 is 0 Å². The van der Waals surface area contributed by atoms with E-state index in [1.54, 1.807) is 18.5 Å². The number of aryl methyl sites for hydroxylation is 1. The first-order valence-corrected chi connectivity index (χ1v) is 10.8. The molecule has 32 heavy (non-hydrogen) atoms. The number of hydrogen-bond donors (Lipinski definition) is 2. The molecule has 1 aromatic heterocycles. The monoisotopic (exact) mass is 432 g/mol. The Morgan fingerprint density at radius 2 is 1.84 bits per heavy atom. The van der Waals surface area contributed by atoms with Gasteiger partial charge < -0.3 is 15.2 Å². The number of nitrogens with one attached hydrogen (secondary N) is 1. The predicted octanol–water partition coefficient (Wildman–Crippen LogP) is 2.44. The van der Waals surface area contributed by atoms with Gasteiger partial charge in [-0.3, -0.25) is 9.69 Å². The number of nitrogens with zero attached hydrogens (tertiary/aromatic N) is 3. The summed E-state index contributed by atoms with van der Waals surface area (Å²) in [6, 6.07) is 19.0. The SMILES string of the molecule is Cc1ccccc1OCC(=O)N[C@@]1(c2ccccc2)CCN(Cc2ncccn2)C[C@H]1O. The van der Waals surface area contributed by atoms with E-state index in [4.69, 9.17) is 4.74 Å². The molecule has 166 valence electrons. The third-order valence-electron chi connectivity index (χ3n) is 5.91. The summed E-state index contributed by atoms with van der Waals surface area (Å²) in [5.41, 5.74) is 0.962. The minimum Gasteiger partial charge on any atom is -0.484 e. The minimum absolute atomic E-state index is 0.117. The van der Waals surface area contributed by atoms with Gasteiger partial charge in [0, 0.05) is 25.5 Å². The van der Waals surface area contributed by atoms with Crippen molar-refractivity contribution in [2.45, 2.75) is 31.5 Å². The number of likely N-dealkylation sites (tertiary alicyclic amines) is 1. The van der Waals surface area contributed by atoms with Crippen LogP contribution in [0, 0.1) is 6.92 Å². The van der Waals surface area contributed by atoms with Gasteiger partial charge in [-0.25, -0.2) is 9.97 Å². The van der Waals surface area contributed by atoms with Crippen LogP contribution in [0.2, 0.25) is 0 Å². The molecule has 0 radical (unpaired) electrons. The second kappa shape index (κ2) is 9.89. The van der Waals surface area contributed by atoms with E-state index in [0.29, 0.717) is 37.6 Å². The maximum atomic E-state index is 12.9. The van der Waals surface area contributed by atoms with E-state index < -0.39 is 11.6 Å². The summed E-state index contributed by atoms with van der Waals surface area (Å²) in [7, 11) is 0. The van der Waals surface area contributed by atoms with Crippen LogP contribution < -0.4 is 10.1 Å². The zero-order valence-corrected chi connectivity index (χ0v) is 18.1. The van der Waals surface area contributed by atoms with E-state index in [-0.39, 0.29) is 12.5 Å². The molecule has 2 heterocycles. The molecule has 4 rings (SSSR count). The Labute approximate surface area is 188 Å². The largest absolute Gasteiger partial charge is 0.484 e. The van der Waals surface area contributed by atoms with Crippen LogP contribution in [0.3, 0.4) is 0 Å². The smallest absolute Gasteiger partial charge is 0.258 e. The number of aromatic nitrogens is 2. The van der Waals surface area contributed by atoms with Gasteiger partial charge in [0.15, 0.2) is 6.61 Å². The number of β-amino-alcohol motifs (C(OH)–C–C–N with tert-alkyl or cyclic N) is 1. The van der Waals surface area contributed by atoms with Crippen LogP contribution in [0.1, 0.15) is 23.4 Å². The summed E-state index contributed by atoms with van der Waals surface area (Å²) in [6.07, 6.45) is 3.18. The molecule has 1 aliphatic rings. The number of para-hydroxylation sites is 1. The zero-order chi connectivity index (χ0) is 22.4. The van der Waals surface area contributed by atoms with Gasteiger partial charge in [0.2, 0.25) is 0 Å². The summed E-state index contributed by atoms with van der Waals surface area (Å²) < 4.78 is 5.74. The molecule has 0 aliphatic carbocycles. The predicted molar refractivity (Wildman–Crippen MR) is 121 cm³/mol. The summed E-state index contributed by atoms with van der Waals surface area (Å²) in [6.45, 7) is 3.45. The quantitative estimate of drug-likeness (QED) is 0.596. The lowest BCUT2D eigenvalue weighted by molar-refractivity contribution is -0.129. The van der Waals surface area contributed by atoms with Gasteiger partial charge in [0.25, 0.3) is 5.91 Å². The van der Waals surface area contributed by atoms with E-state index in [2.05, 4.69) is 20.2 Å². The standard InChI is InChI=1S/C25H28N4O3/c1-19-8-5-6-11-21(19)32-18-24(31)28-25(20-9-3-2-4-10-20)12-15-29(16-22(25)30)17-23-26-13-7-14-27-23/h2-11,13-14,22,30H,12,15-18H2,1H3,(H,28,31)/t22-,25-/m1/s1.